The Hall–Kier alpha value is -0.570. The lowest BCUT2D eigenvalue weighted by molar-refractivity contribution is -0.144. The Morgan fingerprint density at radius 1 is 1.00 bits per heavy atom. The van der Waals surface area contributed by atoms with Crippen molar-refractivity contribution in [2.24, 2.45) is 0 Å². The molecule has 0 bridgehead atoms. The van der Waals surface area contributed by atoms with Gasteiger partial charge < -0.3 is 4.74 Å². The van der Waals surface area contributed by atoms with Crippen LogP contribution in [0.2, 0.25) is 0 Å². The molecule has 3 heteroatoms. The van der Waals surface area contributed by atoms with E-state index < -0.39 is 0 Å². The van der Waals surface area contributed by atoms with E-state index in [1.54, 1.807) is 0 Å². The van der Waals surface area contributed by atoms with Crippen molar-refractivity contribution in [2.45, 2.75) is 46.5 Å². The van der Waals surface area contributed by atoms with Gasteiger partial charge in [0.2, 0.25) is 0 Å². The summed E-state index contributed by atoms with van der Waals surface area (Å²) in [7, 11) is 0. The summed E-state index contributed by atoms with van der Waals surface area (Å²) in [4.78, 5) is 13.4. The number of ether oxygens (including phenoxy) is 1. The van der Waals surface area contributed by atoms with E-state index in [1.807, 2.05) is 6.92 Å². The molecule has 3 nitrogen and oxygen atoms in total. The van der Waals surface area contributed by atoms with Crippen LogP contribution in [0.3, 0.4) is 0 Å². The molecule has 0 aliphatic carbocycles. The maximum Gasteiger partial charge on any atom is 0.305 e. The number of carbonyl (C=O) groups excluding carboxylic acids is 1. The first-order valence-corrected chi connectivity index (χ1v) is 6.12. The smallest absolute Gasteiger partial charge is 0.305 e. The Kier molecular flexibility index (Phi) is 9.59. The number of hydrogen-bond acceptors (Lipinski definition) is 3. The molecule has 0 radical (unpaired) electrons. The van der Waals surface area contributed by atoms with Crippen molar-refractivity contribution in [1.82, 2.24) is 4.90 Å². The fraction of sp³-hybridized carbons (Fsp3) is 0.917. The molecule has 0 amide bonds. The van der Waals surface area contributed by atoms with E-state index in [1.165, 1.54) is 0 Å². The first-order chi connectivity index (χ1) is 7.24. The van der Waals surface area contributed by atoms with Crippen LogP contribution in [0.15, 0.2) is 0 Å². The number of nitrogens with zero attached hydrogens (tertiary/aromatic N) is 1. The molecule has 0 saturated carbocycles. The van der Waals surface area contributed by atoms with Crippen LogP contribution in [-0.4, -0.2) is 37.1 Å². The predicted octanol–water partition coefficient (Wildman–Crippen LogP) is 2.45. The van der Waals surface area contributed by atoms with Gasteiger partial charge in [0, 0.05) is 13.0 Å². The molecule has 0 fully saturated rings. The van der Waals surface area contributed by atoms with Gasteiger partial charge in [0.1, 0.15) is 6.61 Å². The summed E-state index contributed by atoms with van der Waals surface area (Å²) in [6, 6.07) is 0. The minimum Gasteiger partial charge on any atom is -0.464 e. The Balaban J connectivity index is 3.55. The monoisotopic (exact) mass is 215 g/mol. The second-order valence-corrected chi connectivity index (χ2v) is 3.81. The lowest BCUT2D eigenvalue weighted by atomic mass is 10.3. The normalized spacial score (nSPS) is 10.7. The molecule has 0 spiro atoms. The van der Waals surface area contributed by atoms with Crippen LogP contribution < -0.4 is 0 Å². The highest BCUT2D eigenvalue weighted by Crippen LogP contribution is 1.96. The predicted molar refractivity (Wildman–Crippen MR) is 62.9 cm³/mol. The number of esters is 1. The quantitative estimate of drug-likeness (QED) is 0.553. The van der Waals surface area contributed by atoms with Crippen LogP contribution in [-0.2, 0) is 9.53 Å². The molecule has 0 aromatic rings. The third kappa shape index (κ3) is 8.43. The molecule has 0 N–H and O–H groups in total. The van der Waals surface area contributed by atoms with Crippen molar-refractivity contribution in [3.05, 3.63) is 0 Å². The van der Waals surface area contributed by atoms with Crippen LogP contribution in [0.4, 0.5) is 0 Å². The van der Waals surface area contributed by atoms with Crippen LogP contribution in [0.25, 0.3) is 0 Å². The standard InChI is InChI=1S/C12H25NO2/c1-4-7-12(14)15-11-10-13(8-5-2)9-6-3/h4-11H2,1-3H3. The maximum absolute atomic E-state index is 11.1. The molecule has 0 aromatic carbocycles. The third-order valence-electron chi connectivity index (χ3n) is 2.20. The highest BCUT2D eigenvalue weighted by Gasteiger charge is 2.04. The summed E-state index contributed by atoms with van der Waals surface area (Å²) in [5.74, 6) is -0.0644. The van der Waals surface area contributed by atoms with E-state index >= 15 is 0 Å². The number of carbonyl (C=O) groups is 1. The molecular weight excluding hydrogens is 190 g/mol. The Bertz CT molecular complexity index is 154. The molecular formula is C12H25NO2. The van der Waals surface area contributed by atoms with Gasteiger partial charge in [-0.15, -0.1) is 0 Å². The van der Waals surface area contributed by atoms with Gasteiger partial charge in [0.05, 0.1) is 0 Å². The van der Waals surface area contributed by atoms with E-state index in [0.717, 1.165) is 38.9 Å². The van der Waals surface area contributed by atoms with E-state index in [9.17, 15) is 4.79 Å². The zero-order valence-corrected chi connectivity index (χ0v) is 10.4. The summed E-state index contributed by atoms with van der Waals surface area (Å²) >= 11 is 0. The molecule has 0 heterocycles. The fourth-order valence-electron chi connectivity index (χ4n) is 1.53. The molecule has 0 aliphatic rings. The highest BCUT2D eigenvalue weighted by atomic mass is 16.5. The third-order valence-corrected chi connectivity index (χ3v) is 2.20. The molecule has 0 rings (SSSR count). The average Bonchev–Trinajstić information content (AvgIpc) is 2.19. The van der Waals surface area contributed by atoms with E-state index in [2.05, 4.69) is 18.7 Å². The SMILES string of the molecule is CCCC(=O)OCCN(CCC)CCC. The Labute approximate surface area is 93.8 Å². The molecule has 0 unspecified atom stereocenters. The number of rotatable bonds is 9. The largest absolute Gasteiger partial charge is 0.464 e. The summed E-state index contributed by atoms with van der Waals surface area (Å²) in [6.45, 7) is 9.94. The summed E-state index contributed by atoms with van der Waals surface area (Å²) in [5.41, 5.74) is 0. The average molecular weight is 215 g/mol. The molecule has 0 aromatic heterocycles. The van der Waals surface area contributed by atoms with Gasteiger partial charge in [0.25, 0.3) is 0 Å². The van der Waals surface area contributed by atoms with Crippen molar-refractivity contribution < 1.29 is 9.53 Å². The van der Waals surface area contributed by atoms with E-state index in [4.69, 9.17) is 4.74 Å². The van der Waals surface area contributed by atoms with Crippen molar-refractivity contribution >= 4 is 5.97 Å². The fourth-order valence-corrected chi connectivity index (χ4v) is 1.53. The molecule has 0 saturated heterocycles. The zero-order chi connectivity index (χ0) is 11.5. The lowest BCUT2D eigenvalue weighted by Gasteiger charge is -2.20. The van der Waals surface area contributed by atoms with Gasteiger partial charge in [-0.25, -0.2) is 0 Å². The minimum atomic E-state index is -0.0644. The van der Waals surface area contributed by atoms with Gasteiger partial charge in [-0.3, -0.25) is 9.69 Å². The van der Waals surface area contributed by atoms with E-state index in [-0.39, 0.29) is 5.97 Å². The van der Waals surface area contributed by atoms with Gasteiger partial charge in [-0.2, -0.15) is 0 Å². The summed E-state index contributed by atoms with van der Waals surface area (Å²) in [5, 5.41) is 0. The molecule has 0 aliphatic heterocycles. The Morgan fingerprint density at radius 2 is 1.60 bits per heavy atom. The van der Waals surface area contributed by atoms with Crippen LogP contribution >= 0.6 is 0 Å². The first-order valence-electron chi connectivity index (χ1n) is 6.12. The van der Waals surface area contributed by atoms with Crippen molar-refractivity contribution in [1.29, 1.82) is 0 Å². The molecule has 0 atom stereocenters. The second kappa shape index (κ2) is 9.97. The van der Waals surface area contributed by atoms with Gasteiger partial charge in [0.15, 0.2) is 0 Å². The molecule has 15 heavy (non-hydrogen) atoms. The summed E-state index contributed by atoms with van der Waals surface area (Å²) < 4.78 is 5.12. The topological polar surface area (TPSA) is 29.5 Å². The first kappa shape index (κ1) is 14.4. The zero-order valence-electron chi connectivity index (χ0n) is 10.4. The Morgan fingerprint density at radius 3 is 2.07 bits per heavy atom. The van der Waals surface area contributed by atoms with Crippen LogP contribution in [0, 0.1) is 0 Å². The van der Waals surface area contributed by atoms with Crippen LogP contribution in [0.5, 0.6) is 0 Å². The number of hydrogen-bond donors (Lipinski definition) is 0. The maximum atomic E-state index is 11.1. The highest BCUT2D eigenvalue weighted by molar-refractivity contribution is 5.69. The minimum absolute atomic E-state index is 0.0644. The van der Waals surface area contributed by atoms with Gasteiger partial charge in [-0.05, 0) is 32.4 Å². The van der Waals surface area contributed by atoms with Gasteiger partial charge in [-0.1, -0.05) is 20.8 Å². The second-order valence-electron chi connectivity index (χ2n) is 3.81. The molecule has 90 valence electrons. The summed E-state index contributed by atoms with van der Waals surface area (Å²) in [6.07, 6.45) is 3.72. The van der Waals surface area contributed by atoms with Crippen molar-refractivity contribution in [3.8, 4) is 0 Å². The van der Waals surface area contributed by atoms with Gasteiger partial charge >= 0.3 is 5.97 Å². The van der Waals surface area contributed by atoms with Crippen molar-refractivity contribution in [2.75, 3.05) is 26.2 Å². The van der Waals surface area contributed by atoms with E-state index in [0.29, 0.717) is 13.0 Å². The lowest BCUT2D eigenvalue weighted by Crippen LogP contribution is -2.29. The van der Waals surface area contributed by atoms with Crippen LogP contribution in [0.1, 0.15) is 46.5 Å². The van der Waals surface area contributed by atoms with Crippen molar-refractivity contribution in [3.63, 3.8) is 0 Å².